The quantitative estimate of drug-likeness (QED) is 0.549. The van der Waals surface area contributed by atoms with Crippen LogP contribution < -0.4 is 0 Å². The molecule has 0 aromatic heterocycles. The molecule has 5 rings (SSSR count). The number of hydrogen-bond acceptors (Lipinski definition) is 4. The standard InChI is InChI=1S/C20H23NO3/c1-17-7-5-13(22)9-12(17)3-4-15-14-6-8-19(23,11-21)18(14,2)10-16-20(15,17)24-16/h5,7,9,14-16,23H,3-4,6,8,10H2,1-2H3/t14-,15-,16-,17-,18-,19-,20+/m0/s1. The lowest BCUT2D eigenvalue weighted by molar-refractivity contribution is -0.111. The molecule has 0 bridgehead atoms. The highest BCUT2D eigenvalue weighted by Gasteiger charge is 2.80. The van der Waals surface area contributed by atoms with Gasteiger partial charge < -0.3 is 9.84 Å². The molecule has 0 radical (unpaired) electrons. The van der Waals surface area contributed by atoms with E-state index in [4.69, 9.17) is 4.74 Å². The topological polar surface area (TPSA) is 73.6 Å². The average molecular weight is 325 g/mol. The van der Waals surface area contributed by atoms with Crippen LogP contribution in [0.5, 0.6) is 0 Å². The second kappa shape index (κ2) is 4.03. The molecule has 24 heavy (non-hydrogen) atoms. The summed E-state index contributed by atoms with van der Waals surface area (Å²) < 4.78 is 6.39. The first-order valence-corrected chi connectivity index (χ1v) is 9.06. The van der Waals surface area contributed by atoms with E-state index in [1.807, 2.05) is 0 Å². The number of fused-ring (bicyclic) bond motifs is 3. The number of nitrogens with zero attached hydrogens (tertiary/aromatic N) is 1. The lowest BCUT2D eigenvalue weighted by atomic mass is 9.47. The van der Waals surface area contributed by atoms with E-state index in [-0.39, 0.29) is 28.3 Å². The normalized spacial score (nSPS) is 57.2. The van der Waals surface area contributed by atoms with Crippen LogP contribution in [0, 0.1) is 34.0 Å². The van der Waals surface area contributed by atoms with Crippen molar-refractivity contribution in [3.8, 4) is 6.07 Å². The van der Waals surface area contributed by atoms with E-state index in [1.54, 1.807) is 12.2 Å². The Morgan fingerprint density at radius 2 is 2.12 bits per heavy atom. The van der Waals surface area contributed by atoms with Gasteiger partial charge in [-0.2, -0.15) is 5.26 Å². The van der Waals surface area contributed by atoms with Gasteiger partial charge in [0.15, 0.2) is 11.4 Å². The smallest absolute Gasteiger partial charge is 0.178 e. The van der Waals surface area contributed by atoms with Crippen LogP contribution in [-0.2, 0) is 9.53 Å². The fraction of sp³-hybridized carbons (Fsp3) is 0.700. The second-order valence-electron chi connectivity index (χ2n) is 8.89. The summed E-state index contributed by atoms with van der Waals surface area (Å²) in [6.45, 7) is 4.30. The minimum atomic E-state index is -1.23. The van der Waals surface area contributed by atoms with Crippen molar-refractivity contribution in [2.45, 2.75) is 63.3 Å². The summed E-state index contributed by atoms with van der Waals surface area (Å²) in [5.74, 6) is 0.740. The van der Waals surface area contributed by atoms with Crippen LogP contribution >= 0.6 is 0 Å². The zero-order valence-corrected chi connectivity index (χ0v) is 14.2. The molecule has 0 unspecified atom stereocenters. The van der Waals surface area contributed by atoms with Crippen molar-refractivity contribution in [1.29, 1.82) is 5.26 Å². The van der Waals surface area contributed by atoms with Crippen molar-refractivity contribution in [1.82, 2.24) is 0 Å². The summed E-state index contributed by atoms with van der Waals surface area (Å²) in [6.07, 6.45) is 9.72. The van der Waals surface area contributed by atoms with Gasteiger partial charge in [0.2, 0.25) is 0 Å². The van der Waals surface area contributed by atoms with E-state index in [0.29, 0.717) is 18.3 Å². The zero-order valence-electron chi connectivity index (χ0n) is 14.2. The van der Waals surface area contributed by atoms with E-state index in [1.165, 1.54) is 5.57 Å². The number of nitriles is 1. The third kappa shape index (κ3) is 1.34. The van der Waals surface area contributed by atoms with Gasteiger partial charge in [-0.25, -0.2) is 0 Å². The predicted octanol–water partition coefficient (Wildman–Crippen LogP) is 2.68. The van der Waals surface area contributed by atoms with Crippen molar-refractivity contribution in [3.63, 3.8) is 0 Å². The number of epoxide rings is 1. The Hall–Kier alpha value is -1.44. The van der Waals surface area contributed by atoms with Gasteiger partial charge in [-0.3, -0.25) is 4.79 Å². The number of rotatable bonds is 0. The van der Waals surface area contributed by atoms with E-state index in [9.17, 15) is 15.2 Å². The second-order valence-corrected chi connectivity index (χ2v) is 8.89. The molecule has 5 aliphatic rings. The summed E-state index contributed by atoms with van der Waals surface area (Å²) >= 11 is 0. The van der Waals surface area contributed by atoms with Gasteiger partial charge in [0.05, 0.1) is 12.2 Å². The highest BCUT2D eigenvalue weighted by molar-refractivity contribution is 6.01. The van der Waals surface area contributed by atoms with Gasteiger partial charge in [-0.1, -0.05) is 18.6 Å². The summed E-state index contributed by atoms with van der Waals surface area (Å²) in [5.41, 5.74) is -0.873. The van der Waals surface area contributed by atoms with Crippen LogP contribution in [0.2, 0.25) is 0 Å². The average Bonchev–Trinajstić information content (AvgIpc) is 3.21. The molecular formula is C20H23NO3. The van der Waals surface area contributed by atoms with Crippen LogP contribution in [0.4, 0.5) is 0 Å². The fourth-order valence-electron chi connectivity index (χ4n) is 6.84. The third-order valence-electron chi connectivity index (χ3n) is 8.27. The lowest BCUT2D eigenvalue weighted by Crippen LogP contribution is -2.59. The minimum absolute atomic E-state index is 0.0771. The van der Waals surface area contributed by atoms with E-state index in [0.717, 1.165) is 25.7 Å². The van der Waals surface area contributed by atoms with E-state index >= 15 is 0 Å². The number of ketones is 1. The number of carbonyl (C=O) groups is 1. The highest BCUT2D eigenvalue weighted by Crippen LogP contribution is 2.75. The maximum Gasteiger partial charge on any atom is 0.178 e. The van der Waals surface area contributed by atoms with Crippen molar-refractivity contribution in [3.05, 3.63) is 23.8 Å². The number of aliphatic hydroxyl groups is 1. The summed E-state index contributed by atoms with van der Waals surface area (Å²) in [7, 11) is 0. The molecule has 1 saturated heterocycles. The Kier molecular flexibility index (Phi) is 2.50. The van der Waals surface area contributed by atoms with Gasteiger partial charge in [0.25, 0.3) is 0 Å². The Morgan fingerprint density at radius 3 is 2.88 bits per heavy atom. The number of carbonyl (C=O) groups excluding carboxylic acids is 1. The summed E-state index contributed by atoms with van der Waals surface area (Å²) in [5, 5.41) is 20.5. The first kappa shape index (κ1) is 14.9. The van der Waals surface area contributed by atoms with Crippen LogP contribution in [-0.4, -0.2) is 28.2 Å². The summed E-state index contributed by atoms with van der Waals surface area (Å²) in [4.78, 5) is 11.8. The van der Waals surface area contributed by atoms with Crippen molar-refractivity contribution in [2.24, 2.45) is 22.7 Å². The highest BCUT2D eigenvalue weighted by atomic mass is 16.6. The van der Waals surface area contributed by atoms with Crippen LogP contribution in [0.15, 0.2) is 23.8 Å². The van der Waals surface area contributed by atoms with Gasteiger partial charge in [0.1, 0.15) is 5.60 Å². The molecule has 1 spiro atoms. The van der Waals surface area contributed by atoms with Gasteiger partial charge >= 0.3 is 0 Å². The minimum Gasteiger partial charge on any atom is -0.375 e. The molecular weight excluding hydrogens is 302 g/mol. The molecule has 1 N–H and O–H groups in total. The van der Waals surface area contributed by atoms with Crippen LogP contribution in [0.3, 0.4) is 0 Å². The predicted molar refractivity (Wildman–Crippen MR) is 86.7 cm³/mol. The molecule has 4 nitrogen and oxygen atoms in total. The zero-order chi connectivity index (χ0) is 17.0. The SMILES string of the molecule is C[C@]12C=CC(=O)C=C1CC[C@H]1[C@@H]3CC[C@](O)(C#N)[C@@]3(C)C[C@@H]3O[C@@]312. The Bertz CT molecular complexity index is 763. The van der Waals surface area contributed by atoms with Gasteiger partial charge in [0, 0.05) is 10.8 Å². The first-order chi connectivity index (χ1) is 11.3. The fourth-order valence-corrected chi connectivity index (χ4v) is 6.84. The third-order valence-corrected chi connectivity index (χ3v) is 8.27. The van der Waals surface area contributed by atoms with Crippen LogP contribution in [0.25, 0.3) is 0 Å². The number of allylic oxidation sites excluding steroid dienone is 2. The van der Waals surface area contributed by atoms with Crippen LogP contribution in [0.1, 0.15) is 46.0 Å². The number of ether oxygens (including phenoxy) is 1. The largest absolute Gasteiger partial charge is 0.375 e. The van der Waals surface area contributed by atoms with Gasteiger partial charge in [-0.05, 0) is 63.0 Å². The Morgan fingerprint density at radius 1 is 1.33 bits per heavy atom. The molecule has 4 fully saturated rings. The summed E-state index contributed by atoms with van der Waals surface area (Å²) in [6, 6.07) is 2.21. The molecule has 1 aliphatic heterocycles. The van der Waals surface area contributed by atoms with Gasteiger partial charge in [-0.15, -0.1) is 0 Å². The van der Waals surface area contributed by atoms with E-state index in [2.05, 4.69) is 26.0 Å². The monoisotopic (exact) mass is 325 g/mol. The maximum absolute atomic E-state index is 11.8. The molecule has 4 aliphatic carbocycles. The molecule has 1 heterocycles. The molecule has 0 amide bonds. The lowest BCUT2D eigenvalue weighted by Gasteiger charge is -2.54. The number of hydrogen-bond donors (Lipinski definition) is 1. The van der Waals surface area contributed by atoms with Crippen molar-refractivity contribution < 1.29 is 14.6 Å². The first-order valence-electron chi connectivity index (χ1n) is 9.06. The molecule has 0 aromatic carbocycles. The molecule has 4 heteroatoms. The molecule has 126 valence electrons. The maximum atomic E-state index is 11.8. The Labute approximate surface area is 142 Å². The molecule has 0 aromatic rings. The van der Waals surface area contributed by atoms with Crippen molar-refractivity contribution in [2.75, 3.05) is 0 Å². The Balaban J connectivity index is 1.61. The van der Waals surface area contributed by atoms with Crippen molar-refractivity contribution >= 4 is 5.78 Å². The molecule has 7 atom stereocenters. The molecule has 3 saturated carbocycles. The van der Waals surface area contributed by atoms with E-state index < -0.39 is 5.60 Å².